The van der Waals surface area contributed by atoms with Gasteiger partial charge in [-0.1, -0.05) is 62.6 Å². The second kappa shape index (κ2) is 16.6. The quantitative estimate of drug-likeness (QED) is 0.113. The van der Waals surface area contributed by atoms with Gasteiger partial charge in [-0.15, -0.1) is 23.8 Å². The second-order valence-electron chi connectivity index (χ2n) is 15.8. The molecule has 0 N–H and O–H groups in total. The Morgan fingerprint density at radius 3 is 2.13 bits per heavy atom. The van der Waals surface area contributed by atoms with Gasteiger partial charge in [0.25, 0.3) is 0 Å². The molecule has 0 saturated heterocycles. The molecule has 275 valence electrons. The average Bonchev–Trinajstić information content (AvgIpc) is 3.56. The molecule has 4 aromatic heterocycles. The fourth-order valence-corrected chi connectivity index (χ4v) is 9.45. The van der Waals surface area contributed by atoms with Crippen LogP contribution in [0, 0.1) is 17.5 Å². The van der Waals surface area contributed by atoms with Crippen LogP contribution in [0.3, 0.4) is 0 Å². The van der Waals surface area contributed by atoms with E-state index in [9.17, 15) is 0 Å². The number of hydrogen-bond acceptors (Lipinski definition) is 4. The van der Waals surface area contributed by atoms with E-state index in [2.05, 4.69) is 114 Å². The van der Waals surface area contributed by atoms with Crippen LogP contribution in [-0.2, 0) is 31.9 Å². The number of rotatable bonds is 8. The first kappa shape index (κ1) is 37.4. The number of aromatic nitrogens is 3. The van der Waals surface area contributed by atoms with Gasteiger partial charge >= 0.3 is 135 Å². The van der Waals surface area contributed by atoms with Gasteiger partial charge in [-0.05, 0) is 52.8 Å². The summed E-state index contributed by atoms with van der Waals surface area (Å²) < 4.78 is 24.7. The summed E-state index contributed by atoms with van der Waals surface area (Å²) in [4.78, 5) is 13.8. The molecule has 6 heteroatoms. The SMILES string of the molecule is CCC(C)(CC)c1ccnc(-c2[c-]cc3oc4nccc(-c5ccccc5)c4c3c2)c1.[2H]C([2H])(c1cc(-c2[c-]cccc2)nc[c]1[Ge]([CH3])([CH3])[CH3])C(C)(C)C.[Ir]. The molecule has 53 heavy (non-hydrogen) atoms. The molecular weight excluding hydrogens is 887 g/mol. The van der Waals surface area contributed by atoms with E-state index in [1.54, 1.807) is 6.20 Å². The van der Waals surface area contributed by atoms with Crippen LogP contribution < -0.4 is 4.40 Å². The topological polar surface area (TPSA) is 51.8 Å². The fourth-order valence-electron chi connectivity index (χ4n) is 6.52. The zero-order valence-corrected chi connectivity index (χ0v) is 36.9. The summed E-state index contributed by atoms with van der Waals surface area (Å²) in [7, 11) is 0. The molecule has 0 aliphatic heterocycles. The van der Waals surface area contributed by atoms with Gasteiger partial charge in [-0.25, -0.2) is 4.98 Å². The third-order valence-corrected chi connectivity index (χ3v) is 14.1. The first-order valence-corrected chi connectivity index (χ1v) is 25.6. The summed E-state index contributed by atoms with van der Waals surface area (Å²) in [5.74, 6) is 6.86. The normalized spacial score (nSPS) is 12.8. The van der Waals surface area contributed by atoms with Crippen LogP contribution in [0.25, 0.3) is 55.7 Å². The monoisotopic (exact) mass is 942 g/mol. The van der Waals surface area contributed by atoms with Crippen molar-refractivity contribution < 1.29 is 27.3 Å². The van der Waals surface area contributed by atoms with Crippen molar-refractivity contribution in [1.29, 1.82) is 0 Å². The summed E-state index contributed by atoms with van der Waals surface area (Å²) >= 11 is -2.24. The average molecular weight is 941 g/mol. The third-order valence-electron chi connectivity index (χ3n) is 9.89. The van der Waals surface area contributed by atoms with Gasteiger partial charge in [0, 0.05) is 37.9 Å². The minimum absolute atomic E-state index is 0. The Morgan fingerprint density at radius 1 is 0.774 bits per heavy atom. The molecule has 0 aliphatic rings. The standard InChI is InChI=1S/C28H25N2O.C19H26GeN.Ir/c1-4-28(3,5-2)21-13-15-29-24(18-21)20-11-12-25-23(17-20)26-22(14-16-30-27(26)31-25)19-9-7-6-8-10-19;1-19(2,3)13-16-12-18(15-10-8-7-9-11-15)21-14-17(16)20(4,5)6;/h6-10,12-18H,4-5H2,1-3H3;7-10,12,14H,13H2,1-6H3;/q2*-1;/i;13D2;. The van der Waals surface area contributed by atoms with Crippen molar-refractivity contribution in [2.24, 2.45) is 5.41 Å². The van der Waals surface area contributed by atoms with Gasteiger partial charge in [0.2, 0.25) is 5.71 Å². The maximum atomic E-state index is 8.76. The predicted octanol–water partition coefficient (Wildman–Crippen LogP) is 12.3. The number of benzene rings is 3. The molecule has 7 rings (SSSR count). The van der Waals surface area contributed by atoms with Crippen molar-refractivity contribution in [2.45, 2.75) is 83.4 Å². The molecule has 0 spiro atoms. The van der Waals surface area contributed by atoms with E-state index < -0.39 is 25.1 Å². The van der Waals surface area contributed by atoms with Crippen molar-refractivity contribution in [3.63, 3.8) is 0 Å². The molecule has 4 nitrogen and oxygen atoms in total. The fraction of sp³-hybridized carbons (Fsp3) is 0.298. The summed E-state index contributed by atoms with van der Waals surface area (Å²) in [5.41, 5.74) is 9.10. The Labute approximate surface area is 335 Å². The summed E-state index contributed by atoms with van der Waals surface area (Å²) in [6.45, 7) is 12.7. The Bertz CT molecular complexity index is 2380. The molecular formula is C47H51GeIrN3O-2. The van der Waals surface area contributed by atoms with Gasteiger partial charge in [0.05, 0.1) is 5.58 Å². The Morgan fingerprint density at radius 2 is 1.47 bits per heavy atom. The van der Waals surface area contributed by atoms with Gasteiger partial charge in [-0.3, -0.25) is 0 Å². The minimum Gasteiger partial charge on any atom is 0 e. The van der Waals surface area contributed by atoms with Gasteiger partial charge < -0.3 is 9.40 Å². The van der Waals surface area contributed by atoms with Crippen LogP contribution in [-0.4, -0.2) is 28.2 Å². The van der Waals surface area contributed by atoms with Gasteiger partial charge in [0.1, 0.15) is 0 Å². The van der Waals surface area contributed by atoms with Crippen molar-refractivity contribution >= 4 is 39.7 Å². The number of furan rings is 1. The van der Waals surface area contributed by atoms with E-state index >= 15 is 0 Å². The first-order valence-electron chi connectivity index (χ1n) is 19.3. The molecule has 3 aromatic carbocycles. The Kier molecular flexibility index (Phi) is 11.7. The summed E-state index contributed by atoms with van der Waals surface area (Å²) in [5, 5.41) is 2.07. The van der Waals surface area contributed by atoms with E-state index in [1.165, 1.54) is 5.56 Å². The van der Waals surface area contributed by atoms with Gasteiger partial charge in [-0.2, -0.15) is 0 Å². The van der Waals surface area contributed by atoms with Crippen molar-refractivity contribution in [2.75, 3.05) is 0 Å². The zero-order valence-electron chi connectivity index (χ0n) is 34.4. The Hall–Kier alpha value is -3.90. The van der Waals surface area contributed by atoms with Crippen molar-refractivity contribution in [3.8, 4) is 33.6 Å². The van der Waals surface area contributed by atoms with E-state index in [1.807, 2.05) is 75.6 Å². The van der Waals surface area contributed by atoms with E-state index in [0.717, 1.165) is 72.8 Å². The van der Waals surface area contributed by atoms with E-state index in [4.69, 9.17) is 7.16 Å². The third kappa shape index (κ3) is 9.26. The maximum Gasteiger partial charge on any atom is 0 e. The molecule has 0 amide bonds. The molecule has 0 unspecified atom stereocenters. The number of nitrogens with zero attached hydrogens (tertiary/aromatic N) is 3. The van der Waals surface area contributed by atoms with Crippen molar-refractivity contribution in [1.82, 2.24) is 15.0 Å². The van der Waals surface area contributed by atoms with Crippen LogP contribution in [0.4, 0.5) is 0 Å². The largest absolute Gasteiger partial charge is 0 e. The summed E-state index contributed by atoms with van der Waals surface area (Å²) in [6, 6.07) is 37.1. The molecule has 7 aromatic rings. The molecule has 0 aliphatic carbocycles. The van der Waals surface area contributed by atoms with Gasteiger partial charge in [0.15, 0.2) is 0 Å². The van der Waals surface area contributed by atoms with Crippen LogP contribution in [0.5, 0.6) is 0 Å². The number of pyridine rings is 3. The number of hydrogen-bond donors (Lipinski definition) is 0. The second-order valence-corrected chi connectivity index (χ2v) is 26.4. The molecule has 0 fully saturated rings. The number of fused-ring (bicyclic) bond motifs is 3. The minimum atomic E-state index is -2.24. The van der Waals surface area contributed by atoms with Crippen LogP contribution >= 0.6 is 0 Å². The van der Waals surface area contributed by atoms with Crippen LogP contribution in [0.2, 0.25) is 17.3 Å². The maximum absolute atomic E-state index is 8.76. The molecule has 0 bridgehead atoms. The predicted molar refractivity (Wildman–Crippen MR) is 222 cm³/mol. The summed E-state index contributed by atoms with van der Waals surface area (Å²) in [6.07, 6.45) is 6.40. The molecule has 4 heterocycles. The van der Waals surface area contributed by atoms with E-state index in [0.29, 0.717) is 5.71 Å². The molecule has 0 saturated carbocycles. The van der Waals surface area contributed by atoms with E-state index in [-0.39, 0.29) is 25.5 Å². The van der Waals surface area contributed by atoms with Crippen molar-refractivity contribution in [3.05, 3.63) is 133 Å². The Balaban J connectivity index is 0.000000217. The first-order chi connectivity index (χ1) is 25.6. The molecule has 1 radical (unpaired) electrons. The van der Waals surface area contributed by atoms with Crippen LogP contribution in [0.15, 0.2) is 114 Å². The van der Waals surface area contributed by atoms with Crippen LogP contribution in [0.1, 0.15) is 68.3 Å². The smallest absolute Gasteiger partial charge is 0 e. The molecule has 0 atom stereocenters. The zero-order chi connectivity index (χ0) is 38.9.